The van der Waals surface area contributed by atoms with Crippen LogP contribution in [0.1, 0.15) is 5.56 Å². The molecule has 1 aromatic heterocycles. The standard InChI is InChI=1S/C8H12N4/c9-5-7-4-6-2-1-3-10-8(6)12-11-7/h1-3,7,11H,4-5,9H2,(H,10,12). The average Bonchev–Trinajstić information content (AvgIpc) is 2.17. The van der Waals surface area contributed by atoms with Crippen LogP contribution in [-0.2, 0) is 6.42 Å². The lowest BCUT2D eigenvalue weighted by Gasteiger charge is -2.24. The Morgan fingerprint density at radius 2 is 2.58 bits per heavy atom. The highest BCUT2D eigenvalue weighted by molar-refractivity contribution is 5.45. The second-order valence-electron chi connectivity index (χ2n) is 2.92. The molecule has 1 aliphatic rings. The Morgan fingerprint density at radius 3 is 3.42 bits per heavy atom. The van der Waals surface area contributed by atoms with Crippen LogP contribution in [0.2, 0.25) is 0 Å². The van der Waals surface area contributed by atoms with E-state index in [4.69, 9.17) is 5.73 Å². The number of nitrogens with one attached hydrogen (secondary N) is 2. The number of anilines is 1. The summed E-state index contributed by atoms with van der Waals surface area (Å²) in [6, 6.07) is 4.33. The van der Waals surface area contributed by atoms with Crippen LogP contribution in [0.3, 0.4) is 0 Å². The van der Waals surface area contributed by atoms with Crippen LogP contribution in [-0.4, -0.2) is 17.6 Å². The fourth-order valence-corrected chi connectivity index (χ4v) is 1.35. The van der Waals surface area contributed by atoms with E-state index in [0.717, 1.165) is 12.2 Å². The average molecular weight is 164 g/mol. The maximum Gasteiger partial charge on any atom is 0.143 e. The minimum Gasteiger partial charge on any atom is -0.329 e. The highest BCUT2D eigenvalue weighted by atomic mass is 15.4. The van der Waals surface area contributed by atoms with Crippen LogP contribution in [0, 0.1) is 0 Å². The third-order valence-corrected chi connectivity index (χ3v) is 2.04. The van der Waals surface area contributed by atoms with Gasteiger partial charge in [-0.05, 0) is 18.1 Å². The van der Waals surface area contributed by atoms with Gasteiger partial charge in [0.15, 0.2) is 0 Å². The van der Waals surface area contributed by atoms with Crippen molar-refractivity contribution in [2.45, 2.75) is 12.5 Å². The molecule has 1 atom stereocenters. The van der Waals surface area contributed by atoms with Crippen molar-refractivity contribution >= 4 is 5.82 Å². The van der Waals surface area contributed by atoms with E-state index >= 15 is 0 Å². The largest absolute Gasteiger partial charge is 0.329 e. The third-order valence-electron chi connectivity index (χ3n) is 2.04. The molecule has 2 rings (SSSR count). The fourth-order valence-electron chi connectivity index (χ4n) is 1.35. The number of hydrogen-bond donors (Lipinski definition) is 3. The maximum absolute atomic E-state index is 5.54. The van der Waals surface area contributed by atoms with Gasteiger partial charge in [0, 0.05) is 18.8 Å². The molecular formula is C8H12N4. The number of hydrogen-bond acceptors (Lipinski definition) is 4. The first-order valence-corrected chi connectivity index (χ1v) is 4.05. The van der Waals surface area contributed by atoms with Crippen molar-refractivity contribution in [2.24, 2.45) is 5.73 Å². The van der Waals surface area contributed by atoms with Gasteiger partial charge < -0.3 is 11.2 Å². The quantitative estimate of drug-likeness (QED) is 0.541. The zero-order valence-corrected chi connectivity index (χ0v) is 6.75. The molecule has 1 aliphatic heterocycles. The number of pyridine rings is 1. The first-order valence-electron chi connectivity index (χ1n) is 4.05. The van der Waals surface area contributed by atoms with Gasteiger partial charge in [0.05, 0.1) is 0 Å². The van der Waals surface area contributed by atoms with Crippen molar-refractivity contribution in [3.05, 3.63) is 23.9 Å². The van der Waals surface area contributed by atoms with Crippen molar-refractivity contribution in [1.82, 2.24) is 10.4 Å². The number of fused-ring (bicyclic) bond motifs is 1. The van der Waals surface area contributed by atoms with Gasteiger partial charge in [-0.2, -0.15) is 0 Å². The monoisotopic (exact) mass is 164 g/mol. The molecule has 0 aliphatic carbocycles. The predicted molar refractivity (Wildman–Crippen MR) is 47.5 cm³/mol. The molecule has 4 nitrogen and oxygen atoms in total. The summed E-state index contributed by atoms with van der Waals surface area (Å²) in [5.41, 5.74) is 12.9. The van der Waals surface area contributed by atoms with Crippen molar-refractivity contribution in [2.75, 3.05) is 12.0 Å². The van der Waals surface area contributed by atoms with Crippen LogP contribution in [0.25, 0.3) is 0 Å². The topological polar surface area (TPSA) is 63.0 Å². The van der Waals surface area contributed by atoms with Crippen molar-refractivity contribution in [1.29, 1.82) is 0 Å². The van der Waals surface area contributed by atoms with Gasteiger partial charge in [-0.25, -0.2) is 10.4 Å². The second kappa shape index (κ2) is 3.08. The molecule has 1 unspecified atom stereocenters. The Hall–Kier alpha value is -1.13. The van der Waals surface area contributed by atoms with Gasteiger partial charge >= 0.3 is 0 Å². The van der Waals surface area contributed by atoms with E-state index in [1.807, 2.05) is 6.07 Å². The Kier molecular flexibility index (Phi) is 1.93. The second-order valence-corrected chi connectivity index (χ2v) is 2.92. The van der Waals surface area contributed by atoms with E-state index in [-0.39, 0.29) is 0 Å². The SMILES string of the molecule is NCC1Cc2cccnc2NN1. The van der Waals surface area contributed by atoms with Gasteiger partial charge in [0.2, 0.25) is 0 Å². The highest BCUT2D eigenvalue weighted by Crippen LogP contribution is 2.15. The third kappa shape index (κ3) is 1.26. The Labute approximate surface area is 71.1 Å². The molecule has 0 saturated heterocycles. The summed E-state index contributed by atoms with van der Waals surface area (Å²) >= 11 is 0. The molecule has 2 heterocycles. The van der Waals surface area contributed by atoms with Crippen molar-refractivity contribution in [3.63, 3.8) is 0 Å². The van der Waals surface area contributed by atoms with Gasteiger partial charge in [-0.15, -0.1) is 0 Å². The van der Waals surface area contributed by atoms with Crippen molar-refractivity contribution < 1.29 is 0 Å². The minimum absolute atomic E-state index is 0.321. The van der Waals surface area contributed by atoms with E-state index < -0.39 is 0 Å². The number of rotatable bonds is 1. The number of nitrogens with two attached hydrogens (primary N) is 1. The predicted octanol–water partition coefficient (Wildman–Crippen LogP) is -0.119. The first kappa shape index (κ1) is 7.52. The molecule has 4 N–H and O–H groups in total. The van der Waals surface area contributed by atoms with Crippen molar-refractivity contribution in [3.8, 4) is 0 Å². The van der Waals surface area contributed by atoms with Crippen LogP contribution in [0.15, 0.2) is 18.3 Å². The van der Waals surface area contributed by atoms with Crippen LogP contribution in [0.5, 0.6) is 0 Å². The van der Waals surface area contributed by atoms with Crippen LogP contribution < -0.4 is 16.6 Å². The van der Waals surface area contributed by atoms with Gasteiger partial charge in [-0.1, -0.05) is 6.07 Å². The van der Waals surface area contributed by atoms with E-state index in [9.17, 15) is 0 Å². The van der Waals surface area contributed by atoms with Crippen LogP contribution in [0.4, 0.5) is 5.82 Å². The lowest BCUT2D eigenvalue weighted by molar-refractivity contribution is 0.542. The molecule has 64 valence electrons. The fraction of sp³-hybridized carbons (Fsp3) is 0.375. The van der Waals surface area contributed by atoms with Gasteiger partial charge in [-0.3, -0.25) is 0 Å². The molecule has 4 heteroatoms. The summed E-state index contributed by atoms with van der Waals surface area (Å²) in [6.07, 6.45) is 2.73. The lowest BCUT2D eigenvalue weighted by atomic mass is 10.1. The Bertz CT molecular complexity index is 274. The molecule has 0 aromatic carbocycles. The number of aromatic nitrogens is 1. The normalized spacial score (nSPS) is 21.2. The van der Waals surface area contributed by atoms with Gasteiger partial charge in [0.25, 0.3) is 0 Å². The molecule has 1 aromatic rings. The van der Waals surface area contributed by atoms with E-state index in [0.29, 0.717) is 12.6 Å². The van der Waals surface area contributed by atoms with Gasteiger partial charge in [0.1, 0.15) is 5.82 Å². The van der Waals surface area contributed by atoms with E-state index in [1.54, 1.807) is 6.20 Å². The summed E-state index contributed by atoms with van der Waals surface area (Å²) in [5.74, 6) is 0.919. The number of nitrogens with zero attached hydrogens (tertiary/aromatic N) is 1. The summed E-state index contributed by atoms with van der Waals surface area (Å²) in [5, 5.41) is 0. The maximum atomic E-state index is 5.54. The molecule has 0 radical (unpaired) electrons. The summed E-state index contributed by atoms with van der Waals surface area (Å²) in [4.78, 5) is 4.17. The number of hydrazine groups is 1. The zero-order chi connectivity index (χ0) is 8.39. The zero-order valence-electron chi connectivity index (χ0n) is 6.75. The molecule has 0 amide bonds. The van der Waals surface area contributed by atoms with E-state index in [2.05, 4.69) is 21.9 Å². The summed E-state index contributed by atoms with van der Waals surface area (Å²) in [6.45, 7) is 0.640. The highest BCUT2D eigenvalue weighted by Gasteiger charge is 2.15. The lowest BCUT2D eigenvalue weighted by Crippen LogP contribution is -2.44. The van der Waals surface area contributed by atoms with E-state index in [1.165, 1.54) is 5.56 Å². The summed E-state index contributed by atoms with van der Waals surface area (Å²) in [7, 11) is 0. The minimum atomic E-state index is 0.321. The molecule has 0 saturated carbocycles. The Morgan fingerprint density at radius 1 is 1.67 bits per heavy atom. The smallest absolute Gasteiger partial charge is 0.143 e. The van der Waals surface area contributed by atoms with Crippen LogP contribution >= 0.6 is 0 Å². The first-order chi connectivity index (χ1) is 5.90. The summed E-state index contributed by atoms with van der Waals surface area (Å²) < 4.78 is 0. The molecule has 0 fully saturated rings. The Balaban J connectivity index is 2.23. The molecular weight excluding hydrogens is 152 g/mol. The molecule has 0 bridgehead atoms. The molecule has 0 spiro atoms. The molecule has 12 heavy (non-hydrogen) atoms.